The SMILES string of the molecule is Cc1ccc(CC(C)(C)C(=O)O)c(N(C)C)c1. The Kier molecular flexibility index (Phi) is 3.81. The number of carboxylic acids is 1. The summed E-state index contributed by atoms with van der Waals surface area (Å²) in [5.41, 5.74) is 2.62. The van der Waals surface area contributed by atoms with E-state index in [0.717, 1.165) is 11.3 Å². The highest BCUT2D eigenvalue weighted by Crippen LogP contribution is 2.28. The van der Waals surface area contributed by atoms with Crippen molar-refractivity contribution in [3.8, 4) is 0 Å². The summed E-state index contributed by atoms with van der Waals surface area (Å²) in [7, 11) is 3.96. The molecule has 0 unspecified atom stereocenters. The van der Waals surface area contributed by atoms with Crippen molar-refractivity contribution in [2.24, 2.45) is 5.41 Å². The quantitative estimate of drug-likeness (QED) is 0.872. The first-order valence-corrected chi connectivity index (χ1v) is 5.74. The number of hydrogen-bond donors (Lipinski definition) is 1. The van der Waals surface area contributed by atoms with Crippen LogP contribution in [0.4, 0.5) is 5.69 Å². The van der Waals surface area contributed by atoms with E-state index in [1.54, 1.807) is 13.8 Å². The number of hydrogen-bond acceptors (Lipinski definition) is 2. The smallest absolute Gasteiger partial charge is 0.309 e. The largest absolute Gasteiger partial charge is 0.481 e. The number of aliphatic carboxylic acids is 1. The Morgan fingerprint density at radius 3 is 2.41 bits per heavy atom. The highest BCUT2D eigenvalue weighted by atomic mass is 16.4. The number of benzene rings is 1. The molecule has 0 spiro atoms. The fraction of sp³-hybridized carbons (Fsp3) is 0.500. The number of rotatable bonds is 4. The molecule has 0 amide bonds. The van der Waals surface area contributed by atoms with Crippen molar-refractivity contribution in [2.75, 3.05) is 19.0 Å². The lowest BCUT2D eigenvalue weighted by Gasteiger charge is -2.24. The molecule has 0 atom stereocenters. The lowest BCUT2D eigenvalue weighted by molar-refractivity contribution is -0.146. The molecule has 94 valence electrons. The Balaban J connectivity index is 3.10. The molecule has 0 aliphatic rings. The summed E-state index contributed by atoms with van der Waals surface area (Å²) in [5.74, 6) is -0.761. The Morgan fingerprint density at radius 1 is 1.35 bits per heavy atom. The van der Waals surface area contributed by atoms with Gasteiger partial charge in [0.1, 0.15) is 0 Å². The van der Waals surface area contributed by atoms with Gasteiger partial charge in [-0.05, 0) is 44.4 Å². The molecule has 0 radical (unpaired) electrons. The van der Waals surface area contributed by atoms with Crippen LogP contribution in [0.5, 0.6) is 0 Å². The van der Waals surface area contributed by atoms with Crippen LogP contribution in [-0.2, 0) is 11.2 Å². The van der Waals surface area contributed by atoms with Crippen molar-refractivity contribution < 1.29 is 9.90 Å². The average molecular weight is 235 g/mol. The second-order valence-corrected chi connectivity index (χ2v) is 5.39. The molecule has 0 aromatic heterocycles. The van der Waals surface area contributed by atoms with Crippen LogP contribution in [0.1, 0.15) is 25.0 Å². The van der Waals surface area contributed by atoms with Gasteiger partial charge >= 0.3 is 5.97 Å². The van der Waals surface area contributed by atoms with Crippen molar-refractivity contribution in [1.82, 2.24) is 0 Å². The minimum Gasteiger partial charge on any atom is -0.481 e. The molecule has 0 saturated heterocycles. The third-order valence-corrected chi connectivity index (χ3v) is 2.93. The fourth-order valence-electron chi connectivity index (χ4n) is 1.79. The van der Waals surface area contributed by atoms with Crippen LogP contribution < -0.4 is 4.90 Å². The van der Waals surface area contributed by atoms with Gasteiger partial charge in [-0.2, -0.15) is 0 Å². The zero-order valence-corrected chi connectivity index (χ0v) is 11.2. The summed E-state index contributed by atoms with van der Waals surface area (Å²) in [4.78, 5) is 13.2. The molecular formula is C14H21NO2. The topological polar surface area (TPSA) is 40.5 Å². The standard InChI is InChI=1S/C14H21NO2/c1-10-6-7-11(12(8-10)15(4)5)9-14(2,3)13(16)17/h6-8H,9H2,1-5H3,(H,16,17). The minimum atomic E-state index is -0.761. The molecule has 0 heterocycles. The molecule has 3 nitrogen and oxygen atoms in total. The zero-order chi connectivity index (χ0) is 13.2. The number of nitrogens with zero attached hydrogens (tertiary/aromatic N) is 1. The highest BCUT2D eigenvalue weighted by Gasteiger charge is 2.28. The average Bonchev–Trinajstić information content (AvgIpc) is 2.19. The van der Waals surface area contributed by atoms with Gasteiger partial charge in [-0.15, -0.1) is 0 Å². The van der Waals surface area contributed by atoms with E-state index in [2.05, 4.69) is 6.07 Å². The second-order valence-electron chi connectivity index (χ2n) is 5.39. The Hall–Kier alpha value is -1.51. The first kappa shape index (κ1) is 13.6. The molecule has 0 aliphatic heterocycles. The Bertz CT molecular complexity index is 422. The fourth-order valence-corrected chi connectivity index (χ4v) is 1.79. The van der Waals surface area contributed by atoms with E-state index in [4.69, 9.17) is 0 Å². The molecule has 0 fully saturated rings. The van der Waals surface area contributed by atoms with Gasteiger partial charge in [-0.25, -0.2) is 0 Å². The summed E-state index contributed by atoms with van der Waals surface area (Å²) in [6, 6.07) is 6.14. The Morgan fingerprint density at radius 2 is 1.94 bits per heavy atom. The molecule has 0 bridgehead atoms. The number of carboxylic acid groups (broad SMARTS) is 1. The third-order valence-electron chi connectivity index (χ3n) is 2.93. The van der Waals surface area contributed by atoms with Gasteiger partial charge in [0.05, 0.1) is 5.41 Å². The van der Waals surface area contributed by atoms with Gasteiger partial charge in [-0.3, -0.25) is 4.79 Å². The monoisotopic (exact) mass is 235 g/mol. The number of aryl methyl sites for hydroxylation is 1. The van der Waals surface area contributed by atoms with Crippen molar-refractivity contribution in [3.63, 3.8) is 0 Å². The van der Waals surface area contributed by atoms with Crippen molar-refractivity contribution in [3.05, 3.63) is 29.3 Å². The van der Waals surface area contributed by atoms with Crippen LogP contribution in [0, 0.1) is 12.3 Å². The van der Waals surface area contributed by atoms with E-state index in [0.29, 0.717) is 6.42 Å². The van der Waals surface area contributed by atoms with E-state index in [9.17, 15) is 9.90 Å². The van der Waals surface area contributed by atoms with Crippen LogP contribution in [0.15, 0.2) is 18.2 Å². The van der Waals surface area contributed by atoms with Crippen molar-refractivity contribution in [1.29, 1.82) is 0 Å². The molecular weight excluding hydrogens is 214 g/mol. The van der Waals surface area contributed by atoms with Crippen LogP contribution >= 0.6 is 0 Å². The van der Waals surface area contributed by atoms with Crippen LogP contribution in [0.2, 0.25) is 0 Å². The number of anilines is 1. The van der Waals surface area contributed by atoms with Gasteiger partial charge < -0.3 is 10.0 Å². The first-order valence-electron chi connectivity index (χ1n) is 5.74. The summed E-state index contributed by atoms with van der Waals surface area (Å²) in [6.07, 6.45) is 0.538. The van der Waals surface area contributed by atoms with E-state index in [1.807, 2.05) is 38.1 Å². The van der Waals surface area contributed by atoms with Crippen LogP contribution in [0.3, 0.4) is 0 Å². The summed E-state index contributed by atoms with van der Waals surface area (Å²) in [6.45, 7) is 5.56. The number of carbonyl (C=O) groups is 1. The molecule has 1 rings (SSSR count). The highest BCUT2D eigenvalue weighted by molar-refractivity contribution is 5.74. The van der Waals surface area contributed by atoms with Gasteiger partial charge in [0, 0.05) is 19.8 Å². The predicted molar refractivity (Wildman–Crippen MR) is 70.6 cm³/mol. The van der Waals surface area contributed by atoms with Crippen LogP contribution in [-0.4, -0.2) is 25.2 Å². The van der Waals surface area contributed by atoms with Crippen LogP contribution in [0.25, 0.3) is 0 Å². The summed E-state index contributed by atoms with van der Waals surface area (Å²) in [5, 5.41) is 9.17. The summed E-state index contributed by atoms with van der Waals surface area (Å²) >= 11 is 0. The maximum atomic E-state index is 11.2. The lowest BCUT2D eigenvalue weighted by atomic mass is 9.85. The van der Waals surface area contributed by atoms with E-state index in [1.165, 1.54) is 5.56 Å². The molecule has 3 heteroatoms. The van der Waals surface area contributed by atoms with E-state index < -0.39 is 11.4 Å². The predicted octanol–water partition coefficient (Wildman–Crippen LogP) is 2.71. The molecule has 0 aliphatic carbocycles. The van der Waals surface area contributed by atoms with Gasteiger partial charge in [0.15, 0.2) is 0 Å². The third kappa shape index (κ3) is 3.22. The first-order chi connectivity index (χ1) is 7.74. The molecule has 17 heavy (non-hydrogen) atoms. The minimum absolute atomic E-state index is 0.538. The second kappa shape index (κ2) is 4.78. The molecule has 1 aromatic carbocycles. The van der Waals surface area contributed by atoms with Crippen molar-refractivity contribution >= 4 is 11.7 Å². The van der Waals surface area contributed by atoms with Gasteiger partial charge in [0.2, 0.25) is 0 Å². The van der Waals surface area contributed by atoms with E-state index in [-0.39, 0.29) is 0 Å². The molecule has 1 aromatic rings. The normalized spacial score (nSPS) is 11.4. The molecule has 1 N–H and O–H groups in total. The molecule has 0 saturated carbocycles. The Labute approximate surface area is 103 Å². The maximum absolute atomic E-state index is 11.2. The van der Waals surface area contributed by atoms with Gasteiger partial charge in [-0.1, -0.05) is 12.1 Å². The van der Waals surface area contributed by atoms with Gasteiger partial charge in [0.25, 0.3) is 0 Å². The lowest BCUT2D eigenvalue weighted by Crippen LogP contribution is -2.27. The van der Waals surface area contributed by atoms with E-state index >= 15 is 0 Å². The van der Waals surface area contributed by atoms with Crippen molar-refractivity contribution in [2.45, 2.75) is 27.2 Å². The maximum Gasteiger partial charge on any atom is 0.309 e. The zero-order valence-electron chi connectivity index (χ0n) is 11.2. The summed E-state index contributed by atoms with van der Waals surface area (Å²) < 4.78 is 0.